The van der Waals surface area contributed by atoms with Gasteiger partial charge in [-0.2, -0.15) is 0 Å². The van der Waals surface area contributed by atoms with Gasteiger partial charge in [-0.1, -0.05) is 13.8 Å². The van der Waals surface area contributed by atoms with Crippen molar-refractivity contribution < 1.29 is 4.74 Å². The Hall–Kier alpha value is -0.350. The molecular weight excluding hydrogens is 196 g/mol. The van der Waals surface area contributed by atoms with E-state index in [4.69, 9.17) is 17.0 Å². The molecule has 0 aliphatic carbocycles. The molecule has 0 unspecified atom stereocenters. The standard InChI is InChI=1S/C10H22N2OS/c1-9(2)5-4-6-11-10(14)12-7-8-13-3/h9H,4-8H2,1-3H3,(H2,11,12,14). The van der Waals surface area contributed by atoms with Crippen molar-refractivity contribution in [1.82, 2.24) is 10.6 Å². The van der Waals surface area contributed by atoms with Crippen molar-refractivity contribution in [2.45, 2.75) is 26.7 Å². The van der Waals surface area contributed by atoms with E-state index in [0.29, 0.717) is 6.61 Å². The van der Waals surface area contributed by atoms with Crippen LogP contribution in [-0.2, 0) is 4.74 Å². The molecule has 0 saturated carbocycles. The van der Waals surface area contributed by atoms with Crippen LogP contribution in [0.15, 0.2) is 0 Å². The third-order valence-corrected chi connectivity index (χ3v) is 2.12. The number of thiocarbonyl (C=S) groups is 1. The lowest BCUT2D eigenvalue weighted by Crippen LogP contribution is -2.37. The summed E-state index contributed by atoms with van der Waals surface area (Å²) in [6.45, 7) is 6.88. The van der Waals surface area contributed by atoms with Crippen LogP contribution in [0.4, 0.5) is 0 Å². The van der Waals surface area contributed by atoms with Gasteiger partial charge in [0.05, 0.1) is 6.61 Å². The van der Waals surface area contributed by atoms with E-state index < -0.39 is 0 Å². The molecule has 0 fully saturated rings. The third kappa shape index (κ3) is 9.74. The minimum absolute atomic E-state index is 0.688. The van der Waals surface area contributed by atoms with Gasteiger partial charge in [-0.3, -0.25) is 0 Å². The topological polar surface area (TPSA) is 33.3 Å². The van der Waals surface area contributed by atoms with Crippen LogP contribution in [0.3, 0.4) is 0 Å². The SMILES string of the molecule is COCCNC(=S)NCCCC(C)C. The largest absolute Gasteiger partial charge is 0.383 e. The van der Waals surface area contributed by atoms with E-state index in [1.165, 1.54) is 12.8 Å². The van der Waals surface area contributed by atoms with Gasteiger partial charge in [-0.05, 0) is 31.0 Å². The molecule has 0 aromatic rings. The van der Waals surface area contributed by atoms with Crippen molar-refractivity contribution in [3.8, 4) is 0 Å². The lowest BCUT2D eigenvalue weighted by molar-refractivity contribution is 0.204. The molecule has 3 nitrogen and oxygen atoms in total. The van der Waals surface area contributed by atoms with Gasteiger partial charge in [-0.25, -0.2) is 0 Å². The highest BCUT2D eigenvalue weighted by molar-refractivity contribution is 7.80. The molecule has 14 heavy (non-hydrogen) atoms. The van der Waals surface area contributed by atoms with Gasteiger partial charge in [0.25, 0.3) is 0 Å². The Morgan fingerprint density at radius 3 is 2.50 bits per heavy atom. The minimum atomic E-state index is 0.688. The summed E-state index contributed by atoms with van der Waals surface area (Å²) in [5.41, 5.74) is 0. The van der Waals surface area contributed by atoms with Gasteiger partial charge in [0.1, 0.15) is 0 Å². The Kier molecular flexibility index (Phi) is 8.98. The van der Waals surface area contributed by atoms with E-state index >= 15 is 0 Å². The molecule has 0 aliphatic rings. The molecule has 0 amide bonds. The van der Waals surface area contributed by atoms with Crippen LogP contribution >= 0.6 is 12.2 Å². The lowest BCUT2D eigenvalue weighted by atomic mass is 10.1. The Morgan fingerprint density at radius 1 is 1.29 bits per heavy atom. The maximum Gasteiger partial charge on any atom is 0.166 e. The van der Waals surface area contributed by atoms with Gasteiger partial charge in [-0.15, -0.1) is 0 Å². The molecule has 0 aliphatic heterocycles. The molecule has 2 N–H and O–H groups in total. The fourth-order valence-electron chi connectivity index (χ4n) is 1.04. The normalized spacial score (nSPS) is 10.3. The summed E-state index contributed by atoms with van der Waals surface area (Å²) in [5, 5.41) is 6.96. The zero-order valence-corrected chi connectivity index (χ0v) is 10.2. The molecule has 0 aromatic heterocycles. The molecule has 0 heterocycles. The van der Waals surface area contributed by atoms with Crippen molar-refractivity contribution in [2.24, 2.45) is 5.92 Å². The maximum absolute atomic E-state index is 5.07. The molecule has 0 atom stereocenters. The maximum atomic E-state index is 5.07. The van der Waals surface area contributed by atoms with E-state index in [1.54, 1.807) is 7.11 Å². The summed E-state index contributed by atoms with van der Waals surface area (Å²) in [6.07, 6.45) is 2.41. The summed E-state index contributed by atoms with van der Waals surface area (Å²) >= 11 is 5.07. The van der Waals surface area contributed by atoms with Crippen LogP contribution in [-0.4, -0.2) is 31.9 Å². The van der Waals surface area contributed by atoms with Crippen LogP contribution in [0.25, 0.3) is 0 Å². The summed E-state index contributed by atoms with van der Waals surface area (Å²) in [7, 11) is 1.68. The number of hydrogen-bond donors (Lipinski definition) is 2. The predicted molar refractivity (Wildman–Crippen MR) is 64.6 cm³/mol. The first-order valence-corrected chi connectivity index (χ1v) is 5.58. The van der Waals surface area contributed by atoms with Crippen LogP contribution in [0.2, 0.25) is 0 Å². The van der Waals surface area contributed by atoms with Crippen molar-refractivity contribution in [1.29, 1.82) is 0 Å². The van der Waals surface area contributed by atoms with Gasteiger partial charge < -0.3 is 15.4 Å². The van der Waals surface area contributed by atoms with Crippen LogP contribution in [0, 0.1) is 5.92 Å². The van der Waals surface area contributed by atoms with Gasteiger partial charge in [0, 0.05) is 20.2 Å². The Labute approximate surface area is 92.6 Å². The van der Waals surface area contributed by atoms with Crippen LogP contribution in [0.5, 0.6) is 0 Å². The zero-order valence-electron chi connectivity index (χ0n) is 9.43. The smallest absolute Gasteiger partial charge is 0.166 e. The second-order valence-corrected chi connectivity index (χ2v) is 4.12. The summed E-state index contributed by atoms with van der Waals surface area (Å²) < 4.78 is 4.90. The van der Waals surface area contributed by atoms with E-state index in [1.807, 2.05) is 0 Å². The first-order valence-electron chi connectivity index (χ1n) is 5.17. The van der Waals surface area contributed by atoms with Gasteiger partial charge >= 0.3 is 0 Å². The van der Waals surface area contributed by atoms with Gasteiger partial charge in [0.15, 0.2) is 5.11 Å². The summed E-state index contributed by atoms with van der Waals surface area (Å²) in [4.78, 5) is 0. The van der Waals surface area contributed by atoms with Crippen LogP contribution < -0.4 is 10.6 Å². The van der Waals surface area contributed by atoms with Crippen molar-refractivity contribution >= 4 is 17.3 Å². The zero-order chi connectivity index (χ0) is 10.8. The second kappa shape index (κ2) is 9.21. The average Bonchev–Trinajstić information content (AvgIpc) is 2.13. The third-order valence-electron chi connectivity index (χ3n) is 1.84. The number of hydrogen-bond acceptors (Lipinski definition) is 2. The first kappa shape index (κ1) is 13.7. The molecule has 84 valence electrons. The molecule has 0 bridgehead atoms. The molecule has 0 rings (SSSR count). The highest BCUT2D eigenvalue weighted by Gasteiger charge is 1.95. The number of ether oxygens (including phenoxy) is 1. The highest BCUT2D eigenvalue weighted by atomic mass is 32.1. The molecular formula is C10H22N2OS. The average molecular weight is 218 g/mol. The highest BCUT2D eigenvalue weighted by Crippen LogP contribution is 2.01. The lowest BCUT2D eigenvalue weighted by Gasteiger charge is -2.10. The molecule has 0 radical (unpaired) electrons. The summed E-state index contributed by atoms with van der Waals surface area (Å²) in [5.74, 6) is 0.770. The monoisotopic (exact) mass is 218 g/mol. The Balaban J connectivity index is 3.18. The second-order valence-electron chi connectivity index (χ2n) is 3.71. The van der Waals surface area contributed by atoms with Crippen molar-refractivity contribution in [3.05, 3.63) is 0 Å². The van der Waals surface area contributed by atoms with E-state index in [0.717, 1.165) is 24.1 Å². The minimum Gasteiger partial charge on any atom is -0.383 e. The van der Waals surface area contributed by atoms with E-state index in [-0.39, 0.29) is 0 Å². The Bertz CT molecular complexity index is 151. The number of rotatable bonds is 7. The first-order chi connectivity index (χ1) is 6.66. The molecule has 0 aromatic carbocycles. The van der Waals surface area contributed by atoms with Gasteiger partial charge in [0.2, 0.25) is 0 Å². The number of nitrogens with one attached hydrogen (secondary N) is 2. The predicted octanol–water partition coefficient (Wildman–Crippen LogP) is 1.53. The number of methoxy groups -OCH3 is 1. The van der Waals surface area contributed by atoms with E-state index in [9.17, 15) is 0 Å². The molecule has 4 heteroatoms. The van der Waals surface area contributed by atoms with Crippen molar-refractivity contribution in [3.63, 3.8) is 0 Å². The fourth-order valence-corrected chi connectivity index (χ4v) is 1.25. The molecule has 0 spiro atoms. The Morgan fingerprint density at radius 2 is 1.93 bits per heavy atom. The van der Waals surface area contributed by atoms with Crippen molar-refractivity contribution in [2.75, 3.05) is 26.8 Å². The molecule has 0 saturated heterocycles. The quantitative estimate of drug-likeness (QED) is 0.501. The van der Waals surface area contributed by atoms with Crippen LogP contribution in [0.1, 0.15) is 26.7 Å². The summed E-state index contributed by atoms with van der Waals surface area (Å²) in [6, 6.07) is 0. The van der Waals surface area contributed by atoms with E-state index in [2.05, 4.69) is 24.5 Å². The fraction of sp³-hybridized carbons (Fsp3) is 0.900.